The molecule has 0 amide bonds. The van der Waals surface area contributed by atoms with Gasteiger partial charge in [-0.15, -0.1) is 21.5 Å². The molecule has 4 heterocycles. The van der Waals surface area contributed by atoms with Crippen LogP contribution in [0.4, 0.5) is 30.4 Å². The van der Waals surface area contributed by atoms with Gasteiger partial charge in [-0.05, 0) is 30.3 Å². The van der Waals surface area contributed by atoms with E-state index in [-0.39, 0.29) is 13.1 Å². The summed E-state index contributed by atoms with van der Waals surface area (Å²) >= 11 is 1.60. The predicted octanol–water partition coefficient (Wildman–Crippen LogP) is 6.17. The van der Waals surface area contributed by atoms with Crippen LogP contribution in [-0.4, -0.2) is 40.5 Å². The van der Waals surface area contributed by atoms with Crippen LogP contribution in [0.1, 0.15) is 22.1 Å². The molecule has 13 heteroatoms. The van der Waals surface area contributed by atoms with Crippen LogP contribution in [0.15, 0.2) is 60.1 Å². The molecule has 2 aromatic carbocycles. The second-order valence-corrected chi connectivity index (χ2v) is 10.7. The van der Waals surface area contributed by atoms with E-state index in [1.165, 1.54) is 0 Å². The van der Waals surface area contributed by atoms with Crippen LogP contribution in [0.2, 0.25) is 0 Å². The van der Waals surface area contributed by atoms with Crippen LogP contribution in [0, 0.1) is 0 Å². The van der Waals surface area contributed by atoms with Crippen LogP contribution in [0.25, 0.3) is 10.8 Å². The summed E-state index contributed by atoms with van der Waals surface area (Å²) in [6.07, 6.45) is -2.73. The van der Waals surface area contributed by atoms with Gasteiger partial charge in [0.15, 0.2) is 5.82 Å². The minimum Gasteiger partial charge on any atom is -0.497 e. The molecule has 0 atom stereocenters. The van der Waals surface area contributed by atoms with Gasteiger partial charge in [0.1, 0.15) is 17.3 Å². The zero-order valence-corrected chi connectivity index (χ0v) is 23.7. The molecule has 0 bridgehead atoms. The van der Waals surface area contributed by atoms with E-state index in [0.717, 1.165) is 54.5 Å². The number of alkyl halides is 3. The fraction of sp³-hybridized carbons (Fsp3) is 0.276. The molecule has 0 radical (unpaired) electrons. The number of ether oxygens (including phenoxy) is 2. The number of pyridine rings is 1. The van der Waals surface area contributed by atoms with E-state index >= 15 is 0 Å². The van der Waals surface area contributed by atoms with E-state index in [1.54, 1.807) is 31.8 Å². The number of fused-ring (bicyclic) bond motifs is 2. The lowest BCUT2D eigenvalue weighted by Gasteiger charge is -2.28. The molecule has 9 nitrogen and oxygen atoms in total. The highest BCUT2D eigenvalue weighted by Gasteiger charge is 2.39. The number of halogens is 3. The van der Waals surface area contributed by atoms with Crippen molar-refractivity contribution in [2.75, 3.05) is 36.3 Å². The van der Waals surface area contributed by atoms with Crippen LogP contribution in [-0.2, 0) is 32.4 Å². The average Bonchev–Trinajstić information content (AvgIpc) is 3.66. The van der Waals surface area contributed by atoms with Gasteiger partial charge in [-0.2, -0.15) is 13.2 Å². The highest BCUT2D eigenvalue weighted by Crippen LogP contribution is 2.33. The molecule has 42 heavy (non-hydrogen) atoms. The molecule has 218 valence electrons. The zero-order valence-electron chi connectivity index (χ0n) is 22.9. The molecule has 0 saturated carbocycles. The Morgan fingerprint density at radius 2 is 1.83 bits per heavy atom. The lowest BCUT2D eigenvalue weighted by Crippen LogP contribution is -2.35. The minimum atomic E-state index is -4.51. The summed E-state index contributed by atoms with van der Waals surface area (Å²) in [4.78, 5) is 7.71. The Labute approximate surface area is 243 Å². The normalized spacial score (nSPS) is 13.2. The van der Waals surface area contributed by atoms with Crippen LogP contribution < -0.4 is 25.0 Å². The number of rotatable bonds is 9. The molecule has 2 N–H and O–H groups in total. The molecule has 0 fully saturated rings. The van der Waals surface area contributed by atoms with Crippen molar-refractivity contribution < 1.29 is 22.6 Å². The standard InChI is InChI=1S/C29H28F3N7O2S/c1-40-20-7-6-18(25(13-20)41-2)14-35-27-23-4-3-5-24(22(23)8-9-33-27)34-15-21-12-19(17-42-21)38-10-11-39-26(16-38)36-37-28(39)29(30,31)32/h3-9,12-13,17,34H,10-11,14-16H2,1-2H3,(H,33,35). The van der Waals surface area contributed by atoms with Crippen LogP contribution >= 0.6 is 11.3 Å². The topological polar surface area (TPSA) is 89.4 Å². The van der Waals surface area contributed by atoms with Gasteiger partial charge in [-0.1, -0.05) is 12.1 Å². The quantitative estimate of drug-likeness (QED) is 0.209. The highest BCUT2D eigenvalue weighted by atomic mass is 32.1. The van der Waals surface area contributed by atoms with Gasteiger partial charge in [-0.25, -0.2) is 4.98 Å². The smallest absolute Gasteiger partial charge is 0.451 e. The van der Waals surface area contributed by atoms with Crippen molar-refractivity contribution >= 4 is 39.3 Å². The van der Waals surface area contributed by atoms with E-state index < -0.39 is 12.0 Å². The monoisotopic (exact) mass is 595 g/mol. The Morgan fingerprint density at radius 1 is 0.952 bits per heavy atom. The Kier molecular flexibility index (Phi) is 7.50. The number of hydrogen-bond donors (Lipinski definition) is 2. The first kappa shape index (κ1) is 27.6. The molecule has 3 aromatic heterocycles. The molecule has 1 aliphatic rings. The van der Waals surface area contributed by atoms with E-state index in [0.29, 0.717) is 25.5 Å². The van der Waals surface area contributed by atoms with E-state index in [9.17, 15) is 13.2 Å². The van der Waals surface area contributed by atoms with Gasteiger partial charge < -0.3 is 29.6 Å². The fourth-order valence-corrected chi connectivity index (χ4v) is 5.91. The number of thiophene rings is 1. The van der Waals surface area contributed by atoms with E-state index in [1.807, 2.05) is 52.7 Å². The SMILES string of the molecule is COc1ccc(CNc2nccc3c(NCc4cc(N5CCn6c(nnc6C(F)(F)F)C5)cs4)cccc23)c(OC)c1. The van der Waals surface area contributed by atoms with Crippen molar-refractivity contribution in [2.45, 2.75) is 32.4 Å². The highest BCUT2D eigenvalue weighted by molar-refractivity contribution is 7.10. The summed E-state index contributed by atoms with van der Waals surface area (Å²) < 4.78 is 51.5. The summed E-state index contributed by atoms with van der Waals surface area (Å²) in [6, 6.07) is 15.8. The largest absolute Gasteiger partial charge is 0.497 e. The maximum Gasteiger partial charge on any atom is 0.451 e. The van der Waals surface area contributed by atoms with Gasteiger partial charge in [0.2, 0.25) is 5.82 Å². The number of hydrogen-bond acceptors (Lipinski definition) is 9. The minimum absolute atomic E-state index is 0.187. The molecule has 5 aromatic rings. The molecular formula is C29H28F3N7O2S. The predicted molar refractivity (Wildman–Crippen MR) is 156 cm³/mol. The molecule has 6 rings (SSSR count). The zero-order chi connectivity index (χ0) is 29.3. The number of anilines is 3. The second-order valence-electron chi connectivity index (χ2n) is 9.73. The van der Waals surface area contributed by atoms with Crippen molar-refractivity contribution in [3.63, 3.8) is 0 Å². The molecule has 0 spiro atoms. The first-order valence-corrected chi connectivity index (χ1v) is 14.1. The summed E-state index contributed by atoms with van der Waals surface area (Å²) in [5, 5.41) is 18.2. The molecular weight excluding hydrogens is 567 g/mol. The van der Waals surface area contributed by atoms with Crippen molar-refractivity contribution in [3.05, 3.63) is 82.2 Å². The molecule has 0 saturated heterocycles. The summed E-state index contributed by atoms with van der Waals surface area (Å²) in [5.41, 5.74) is 2.91. The van der Waals surface area contributed by atoms with Crippen molar-refractivity contribution in [1.29, 1.82) is 0 Å². The lowest BCUT2D eigenvalue weighted by atomic mass is 10.1. The summed E-state index contributed by atoms with van der Waals surface area (Å²) in [7, 11) is 3.26. The Balaban J connectivity index is 1.13. The Bertz CT molecular complexity index is 1720. The third-order valence-corrected chi connectivity index (χ3v) is 8.14. The number of aromatic nitrogens is 4. The average molecular weight is 596 g/mol. The van der Waals surface area contributed by atoms with Gasteiger partial charge in [0.25, 0.3) is 0 Å². The lowest BCUT2D eigenvalue weighted by molar-refractivity contribution is -0.147. The number of nitrogens with zero attached hydrogens (tertiary/aromatic N) is 5. The second kappa shape index (κ2) is 11.4. The van der Waals surface area contributed by atoms with Crippen molar-refractivity contribution in [3.8, 4) is 11.5 Å². The molecule has 0 aliphatic carbocycles. The van der Waals surface area contributed by atoms with Crippen molar-refractivity contribution in [1.82, 2.24) is 19.7 Å². The van der Waals surface area contributed by atoms with E-state index in [4.69, 9.17) is 9.47 Å². The fourth-order valence-electron chi connectivity index (χ4n) is 5.08. The molecule has 1 aliphatic heterocycles. The first-order chi connectivity index (χ1) is 20.3. The van der Waals surface area contributed by atoms with E-state index in [2.05, 4.69) is 31.9 Å². The maximum atomic E-state index is 13.2. The van der Waals surface area contributed by atoms with Gasteiger partial charge in [-0.3, -0.25) is 0 Å². The molecule has 0 unspecified atom stereocenters. The van der Waals surface area contributed by atoms with Crippen molar-refractivity contribution in [2.24, 2.45) is 0 Å². The Morgan fingerprint density at radius 3 is 2.64 bits per heavy atom. The number of nitrogens with one attached hydrogen (secondary N) is 2. The maximum absolute atomic E-state index is 13.2. The summed E-state index contributed by atoms with van der Waals surface area (Å²) in [5.74, 6) is 1.61. The summed E-state index contributed by atoms with van der Waals surface area (Å²) in [6.45, 7) is 2.04. The van der Waals surface area contributed by atoms with Crippen LogP contribution in [0.5, 0.6) is 11.5 Å². The van der Waals surface area contributed by atoms with Crippen LogP contribution in [0.3, 0.4) is 0 Å². The third kappa shape index (κ3) is 5.51. The first-order valence-electron chi connectivity index (χ1n) is 13.2. The number of benzene rings is 2. The number of methoxy groups -OCH3 is 2. The third-order valence-electron chi connectivity index (χ3n) is 7.21. The van der Waals surface area contributed by atoms with Gasteiger partial charge in [0.05, 0.1) is 20.8 Å². The Hall–Kier alpha value is -4.52. The van der Waals surface area contributed by atoms with Gasteiger partial charge >= 0.3 is 6.18 Å². The van der Waals surface area contributed by atoms with Gasteiger partial charge in [0, 0.05) is 76.4 Å².